The number of nitrogens with zero attached hydrogens (tertiary/aromatic N) is 3. The minimum Gasteiger partial charge on any atom is -0.326 e. The molecule has 1 atom stereocenters. The molecule has 0 aliphatic carbocycles. The van der Waals surface area contributed by atoms with Gasteiger partial charge in [0.05, 0.1) is 0 Å². The minimum absolute atomic E-state index is 0.515. The van der Waals surface area contributed by atoms with Crippen molar-refractivity contribution in [2.24, 2.45) is 5.73 Å². The molecular formula is C13H18N4S. The van der Waals surface area contributed by atoms with Crippen LogP contribution in [-0.4, -0.2) is 25.6 Å². The van der Waals surface area contributed by atoms with Crippen molar-refractivity contribution in [2.45, 2.75) is 37.5 Å². The Labute approximate surface area is 111 Å². The van der Waals surface area contributed by atoms with Gasteiger partial charge in [0.1, 0.15) is 0 Å². The molecule has 2 N–H and O–H groups in total. The van der Waals surface area contributed by atoms with Crippen molar-refractivity contribution in [3.05, 3.63) is 29.7 Å². The van der Waals surface area contributed by atoms with E-state index in [4.69, 9.17) is 5.73 Å². The molecule has 3 rings (SSSR count). The maximum atomic E-state index is 5.72. The Hall–Kier alpha value is -1.07. The Morgan fingerprint density at radius 1 is 1.44 bits per heavy atom. The van der Waals surface area contributed by atoms with E-state index in [1.807, 2.05) is 22.8 Å². The van der Waals surface area contributed by atoms with Crippen LogP contribution in [0.25, 0.3) is 5.65 Å². The highest BCUT2D eigenvalue weighted by molar-refractivity contribution is 7.99. The average molecular weight is 262 g/mol. The predicted molar refractivity (Wildman–Crippen MR) is 74.7 cm³/mol. The molecule has 3 heterocycles. The van der Waals surface area contributed by atoms with E-state index < -0.39 is 0 Å². The summed E-state index contributed by atoms with van der Waals surface area (Å²) >= 11 is 2.06. The fraction of sp³-hybridized carbons (Fsp3) is 0.538. The van der Waals surface area contributed by atoms with Crippen molar-refractivity contribution < 1.29 is 0 Å². The minimum atomic E-state index is 0.515. The summed E-state index contributed by atoms with van der Waals surface area (Å²) in [6.07, 6.45) is 6.93. The summed E-state index contributed by atoms with van der Waals surface area (Å²) in [5.41, 5.74) is 7.70. The molecule has 5 heteroatoms. The van der Waals surface area contributed by atoms with Crippen LogP contribution in [0.3, 0.4) is 0 Å². The molecule has 2 aromatic rings. The number of thioether (sulfide) groups is 1. The SMILES string of the molecule is NCc1cccn2nc(CC3CCCCS3)nc12. The van der Waals surface area contributed by atoms with Crippen LogP contribution in [0.2, 0.25) is 0 Å². The Bertz CT molecular complexity index is 531. The van der Waals surface area contributed by atoms with Gasteiger partial charge in [0.15, 0.2) is 11.5 Å². The lowest BCUT2D eigenvalue weighted by Crippen LogP contribution is -2.13. The van der Waals surface area contributed by atoms with Crippen molar-refractivity contribution in [3.8, 4) is 0 Å². The van der Waals surface area contributed by atoms with Gasteiger partial charge in [-0.3, -0.25) is 0 Å². The first-order valence-electron chi connectivity index (χ1n) is 6.51. The summed E-state index contributed by atoms with van der Waals surface area (Å²) in [6.45, 7) is 0.515. The van der Waals surface area contributed by atoms with Crippen LogP contribution in [0.4, 0.5) is 0 Å². The maximum Gasteiger partial charge on any atom is 0.160 e. The fourth-order valence-corrected chi connectivity index (χ4v) is 3.73. The highest BCUT2D eigenvalue weighted by Gasteiger charge is 2.17. The molecule has 1 aliphatic rings. The zero-order chi connectivity index (χ0) is 12.4. The van der Waals surface area contributed by atoms with Crippen LogP contribution < -0.4 is 5.73 Å². The van der Waals surface area contributed by atoms with E-state index in [0.717, 1.165) is 23.5 Å². The molecule has 4 nitrogen and oxygen atoms in total. The lowest BCUT2D eigenvalue weighted by atomic mass is 10.1. The van der Waals surface area contributed by atoms with Gasteiger partial charge in [0, 0.05) is 30.0 Å². The van der Waals surface area contributed by atoms with Gasteiger partial charge in [0.2, 0.25) is 0 Å². The van der Waals surface area contributed by atoms with Gasteiger partial charge in [-0.25, -0.2) is 9.50 Å². The van der Waals surface area contributed by atoms with Crippen LogP contribution in [0.15, 0.2) is 18.3 Å². The van der Waals surface area contributed by atoms with E-state index in [0.29, 0.717) is 11.8 Å². The molecule has 18 heavy (non-hydrogen) atoms. The third-order valence-electron chi connectivity index (χ3n) is 3.39. The second-order valence-corrected chi connectivity index (χ2v) is 6.13. The normalized spacial score (nSPS) is 20.4. The zero-order valence-electron chi connectivity index (χ0n) is 10.4. The Kier molecular flexibility index (Phi) is 3.52. The largest absolute Gasteiger partial charge is 0.326 e. The van der Waals surface area contributed by atoms with Crippen molar-refractivity contribution >= 4 is 17.4 Å². The second-order valence-electron chi connectivity index (χ2n) is 4.73. The van der Waals surface area contributed by atoms with Crippen LogP contribution in [0.1, 0.15) is 30.7 Å². The highest BCUT2D eigenvalue weighted by Crippen LogP contribution is 2.27. The van der Waals surface area contributed by atoms with E-state index in [1.54, 1.807) is 0 Å². The molecule has 0 bridgehead atoms. The Morgan fingerprint density at radius 2 is 2.39 bits per heavy atom. The molecule has 0 aromatic carbocycles. The first-order chi connectivity index (χ1) is 8.86. The lowest BCUT2D eigenvalue weighted by molar-refractivity contribution is 0.647. The summed E-state index contributed by atoms with van der Waals surface area (Å²) in [5, 5.41) is 5.24. The fourth-order valence-electron chi connectivity index (χ4n) is 2.42. The van der Waals surface area contributed by atoms with Crippen LogP contribution in [0, 0.1) is 0 Å². The molecule has 1 aliphatic heterocycles. The van der Waals surface area contributed by atoms with E-state index in [-0.39, 0.29) is 0 Å². The number of aromatic nitrogens is 3. The molecule has 1 unspecified atom stereocenters. The molecule has 0 amide bonds. The van der Waals surface area contributed by atoms with Crippen molar-refractivity contribution in [2.75, 3.05) is 5.75 Å². The number of pyridine rings is 1. The topological polar surface area (TPSA) is 56.2 Å². The molecular weight excluding hydrogens is 244 g/mol. The molecule has 0 radical (unpaired) electrons. The Balaban J connectivity index is 1.84. The first-order valence-corrected chi connectivity index (χ1v) is 7.56. The number of nitrogens with two attached hydrogens (primary N) is 1. The van der Waals surface area contributed by atoms with Crippen LogP contribution in [0.5, 0.6) is 0 Å². The van der Waals surface area contributed by atoms with Gasteiger partial charge in [0.25, 0.3) is 0 Å². The quantitative estimate of drug-likeness (QED) is 0.919. The van der Waals surface area contributed by atoms with Crippen molar-refractivity contribution in [3.63, 3.8) is 0 Å². The van der Waals surface area contributed by atoms with E-state index in [2.05, 4.69) is 21.8 Å². The van der Waals surface area contributed by atoms with Crippen LogP contribution >= 0.6 is 11.8 Å². The second kappa shape index (κ2) is 5.28. The molecule has 2 aromatic heterocycles. The standard InChI is InChI=1S/C13H18N4S/c14-9-10-4-3-6-17-13(10)15-12(16-17)8-11-5-1-2-7-18-11/h3-4,6,11H,1-2,5,7-9,14H2. The van der Waals surface area contributed by atoms with E-state index in [9.17, 15) is 0 Å². The molecule has 1 fully saturated rings. The maximum absolute atomic E-state index is 5.72. The number of hydrogen-bond donors (Lipinski definition) is 1. The van der Waals surface area contributed by atoms with Gasteiger partial charge in [-0.1, -0.05) is 12.5 Å². The number of fused-ring (bicyclic) bond motifs is 1. The summed E-state index contributed by atoms with van der Waals surface area (Å²) in [7, 11) is 0. The van der Waals surface area contributed by atoms with Crippen LogP contribution in [-0.2, 0) is 13.0 Å². The van der Waals surface area contributed by atoms with Gasteiger partial charge in [-0.15, -0.1) is 0 Å². The van der Waals surface area contributed by atoms with Gasteiger partial charge in [-0.2, -0.15) is 16.9 Å². The summed E-state index contributed by atoms with van der Waals surface area (Å²) < 4.78 is 1.85. The van der Waals surface area contributed by atoms with Crippen molar-refractivity contribution in [1.82, 2.24) is 14.6 Å². The van der Waals surface area contributed by atoms with Crippen molar-refractivity contribution in [1.29, 1.82) is 0 Å². The van der Waals surface area contributed by atoms with Gasteiger partial charge >= 0.3 is 0 Å². The number of rotatable bonds is 3. The molecule has 96 valence electrons. The zero-order valence-corrected chi connectivity index (χ0v) is 11.2. The summed E-state index contributed by atoms with van der Waals surface area (Å²) in [5.74, 6) is 2.24. The summed E-state index contributed by atoms with van der Waals surface area (Å²) in [6, 6.07) is 3.99. The lowest BCUT2D eigenvalue weighted by Gasteiger charge is -2.19. The van der Waals surface area contributed by atoms with E-state index in [1.165, 1.54) is 25.0 Å². The average Bonchev–Trinajstić information content (AvgIpc) is 2.82. The monoisotopic (exact) mass is 262 g/mol. The molecule has 0 saturated carbocycles. The smallest absolute Gasteiger partial charge is 0.160 e. The van der Waals surface area contributed by atoms with Gasteiger partial charge < -0.3 is 5.73 Å². The summed E-state index contributed by atoms with van der Waals surface area (Å²) in [4.78, 5) is 4.64. The predicted octanol–water partition coefficient (Wildman–Crippen LogP) is 2.02. The Morgan fingerprint density at radius 3 is 3.17 bits per heavy atom. The third kappa shape index (κ3) is 2.37. The molecule has 1 saturated heterocycles. The number of hydrogen-bond acceptors (Lipinski definition) is 4. The van der Waals surface area contributed by atoms with Gasteiger partial charge in [-0.05, 0) is 24.7 Å². The highest BCUT2D eigenvalue weighted by atomic mass is 32.2. The molecule has 0 spiro atoms. The third-order valence-corrected chi connectivity index (χ3v) is 4.79. The van der Waals surface area contributed by atoms with E-state index >= 15 is 0 Å². The first kappa shape index (κ1) is 12.0.